The van der Waals surface area contributed by atoms with Crippen LogP contribution >= 0.6 is 0 Å². The van der Waals surface area contributed by atoms with Crippen LogP contribution in [0.3, 0.4) is 0 Å². The number of hydrogen-bond acceptors (Lipinski definition) is 4. The molecule has 0 aliphatic carbocycles. The van der Waals surface area contributed by atoms with Crippen molar-refractivity contribution in [2.75, 3.05) is 6.54 Å². The van der Waals surface area contributed by atoms with Gasteiger partial charge >= 0.3 is 0 Å². The van der Waals surface area contributed by atoms with Gasteiger partial charge in [0.05, 0.1) is 5.71 Å². The van der Waals surface area contributed by atoms with E-state index in [-0.39, 0.29) is 5.91 Å². The molecule has 1 fully saturated rings. The Morgan fingerprint density at radius 3 is 2.85 bits per heavy atom. The summed E-state index contributed by atoms with van der Waals surface area (Å²) in [7, 11) is 0. The second-order valence-corrected chi connectivity index (χ2v) is 5.05. The molecule has 2 N–H and O–H groups in total. The van der Waals surface area contributed by atoms with E-state index in [4.69, 9.17) is 9.94 Å². The lowest BCUT2D eigenvalue weighted by atomic mass is 10.1. The zero-order valence-electron chi connectivity index (χ0n) is 11.6. The Morgan fingerprint density at radius 1 is 1.40 bits per heavy atom. The molecule has 1 atom stereocenters. The number of hydrogen-bond donors (Lipinski definition) is 2. The standard InChI is InChI=1S/C15H20N2O3/c1-11(17-19)10-12-5-7-13(8-6-12)20-14-4-2-3-9-16-15(14)18/h5-8,14,19H,2-4,9-10H2,1H3,(H,16,18)/b17-11-. The minimum absolute atomic E-state index is 0.0326. The first-order chi connectivity index (χ1) is 9.69. The predicted octanol–water partition coefficient (Wildman–Crippen LogP) is 2.13. The van der Waals surface area contributed by atoms with Gasteiger partial charge < -0.3 is 15.3 Å². The molecule has 1 amide bonds. The normalized spacial score (nSPS) is 20.1. The van der Waals surface area contributed by atoms with Gasteiger partial charge in [0, 0.05) is 13.0 Å². The van der Waals surface area contributed by atoms with Crippen molar-refractivity contribution in [2.24, 2.45) is 5.16 Å². The van der Waals surface area contributed by atoms with Crippen molar-refractivity contribution >= 4 is 11.6 Å². The monoisotopic (exact) mass is 276 g/mol. The summed E-state index contributed by atoms with van der Waals surface area (Å²) in [5.41, 5.74) is 1.69. The molecular weight excluding hydrogens is 256 g/mol. The predicted molar refractivity (Wildman–Crippen MR) is 76.3 cm³/mol. The van der Waals surface area contributed by atoms with E-state index in [0.717, 1.165) is 31.4 Å². The van der Waals surface area contributed by atoms with Gasteiger partial charge in [-0.05, 0) is 43.9 Å². The molecule has 1 aromatic carbocycles. The molecule has 1 unspecified atom stereocenters. The minimum atomic E-state index is -0.399. The van der Waals surface area contributed by atoms with Crippen LogP contribution < -0.4 is 10.1 Å². The van der Waals surface area contributed by atoms with Crippen LogP contribution in [0.5, 0.6) is 5.75 Å². The molecular formula is C15H20N2O3. The number of benzene rings is 1. The van der Waals surface area contributed by atoms with Crippen molar-refractivity contribution in [3.8, 4) is 5.75 Å². The number of rotatable bonds is 4. The third kappa shape index (κ3) is 3.98. The van der Waals surface area contributed by atoms with Crippen LogP contribution in [0, 0.1) is 0 Å². The smallest absolute Gasteiger partial charge is 0.261 e. The molecule has 0 aromatic heterocycles. The van der Waals surface area contributed by atoms with Gasteiger partial charge in [-0.15, -0.1) is 0 Å². The van der Waals surface area contributed by atoms with E-state index in [1.165, 1.54) is 0 Å². The number of oxime groups is 1. The quantitative estimate of drug-likeness (QED) is 0.503. The highest BCUT2D eigenvalue weighted by Crippen LogP contribution is 2.18. The van der Waals surface area contributed by atoms with E-state index in [9.17, 15) is 4.79 Å². The molecule has 0 radical (unpaired) electrons. The van der Waals surface area contributed by atoms with E-state index in [1.807, 2.05) is 24.3 Å². The first kappa shape index (κ1) is 14.4. The lowest BCUT2D eigenvalue weighted by Gasteiger charge is -2.16. The SMILES string of the molecule is C/C(Cc1ccc(OC2CCCCNC2=O)cc1)=N/O. The highest BCUT2D eigenvalue weighted by molar-refractivity contribution is 5.83. The highest BCUT2D eigenvalue weighted by Gasteiger charge is 2.22. The summed E-state index contributed by atoms with van der Waals surface area (Å²) in [5, 5.41) is 14.6. The summed E-state index contributed by atoms with van der Waals surface area (Å²) in [6.45, 7) is 2.50. The maximum atomic E-state index is 11.8. The Bertz CT molecular complexity index is 482. The van der Waals surface area contributed by atoms with Gasteiger partial charge in [-0.3, -0.25) is 4.79 Å². The third-order valence-corrected chi connectivity index (χ3v) is 3.32. The lowest BCUT2D eigenvalue weighted by Crippen LogP contribution is -2.36. The average Bonchev–Trinajstić information content (AvgIpc) is 2.66. The third-order valence-electron chi connectivity index (χ3n) is 3.32. The second kappa shape index (κ2) is 6.93. The van der Waals surface area contributed by atoms with Gasteiger partial charge in [0.15, 0.2) is 6.10 Å². The van der Waals surface area contributed by atoms with Gasteiger partial charge in [0.1, 0.15) is 5.75 Å². The first-order valence-electron chi connectivity index (χ1n) is 6.90. The van der Waals surface area contributed by atoms with Crippen LogP contribution in [0.15, 0.2) is 29.4 Å². The Labute approximate surface area is 118 Å². The zero-order valence-corrected chi connectivity index (χ0v) is 11.6. The molecule has 0 saturated carbocycles. The van der Waals surface area contributed by atoms with Gasteiger partial charge in [-0.1, -0.05) is 17.3 Å². The maximum Gasteiger partial charge on any atom is 0.261 e. The molecule has 5 nitrogen and oxygen atoms in total. The summed E-state index contributed by atoms with van der Waals surface area (Å²) in [4.78, 5) is 11.8. The summed E-state index contributed by atoms with van der Waals surface area (Å²) in [6, 6.07) is 7.52. The average molecular weight is 276 g/mol. The largest absolute Gasteiger partial charge is 0.481 e. The van der Waals surface area contributed by atoms with Gasteiger partial charge in [-0.25, -0.2) is 0 Å². The van der Waals surface area contributed by atoms with Crippen molar-refractivity contribution in [3.05, 3.63) is 29.8 Å². The Kier molecular flexibility index (Phi) is 4.98. The summed E-state index contributed by atoms with van der Waals surface area (Å²) in [5.74, 6) is 0.657. The van der Waals surface area contributed by atoms with Gasteiger partial charge in [-0.2, -0.15) is 0 Å². The van der Waals surface area contributed by atoms with E-state index < -0.39 is 6.10 Å². The molecule has 1 aromatic rings. The molecule has 0 spiro atoms. The second-order valence-electron chi connectivity index (χ2n) is 5.05. The summed E-state index contributed by atoms with van der Waals surface area (Å²) >= 11 is 0. The topological polar surface area (TPSA) is 70.9 Å². The molecule has 1 aliphatic heterocycles. The number of carbonyl (C=O) groups excluding carboxylic acids is 1. The fourth-order valence-corrected chi connectivity index (χ4v) is 2.20. The zero-order chi connectivity index (χ0) is 14.4. The molecule has 108 valence electrons. The number of carbonyl (C=O) groups is 1. The molecule has 1 heterocycles. The molecule has 5 heteroatoms. The number of ether oxygens (including phenoxy) is 1. The number of amides is 1. The lowest BCUT2D eigenvalue weighted by molar-refractivity contribution is -0.127. The Morgan fingerprint density at radius 2 is 2.15 bits per heavy atom. The van der Waals surface area contributed by atoms with Crippen molar-refractivity contribution in [1.82, 2.24) is 5.32 Å². The van der Waals surface area contributed by atoms with Crippen molar-refractivity contribution in [1.29, 1.82) is 0 Å². The fourth-order valence-electron chi connectivity index (χ4n) is 2.20. The Hall–Kier alpha value is -2.04. The number of nitrogens with zero attached hydrogens (tertiary/aromatic N) is 1. The number of nitrogens with one attached hydrogen (secondary N) is 1. The van der Waals surface area contributed by atoms with Crippen LogP contribution in [-0.4, -0.2) is 29.5 Å². The van der Waals surface area contributed by atoms with E-state index >= 15 is 0 Å². The first-order valence-corrected chi connectivity index (χ1v) is 6.90. The van der Waals surface area contributed by atoms with Gasteiger partial charge in [0.25, 0.3) is 5.91 Å². The fraction of sp³-hybridized carbons (Fsp3) is 0.467. The van der Waals surface area contributed by atoms with Crippen molar-refractivity contribution in [2.45, 2.75) is 38.7 Å². The molecule has 1 saturated heterocycles. The van der Waals surface area contributed by atoms with Crippen LogP contribution in [0.4, 0.5) is 0 Å². The van der Waals surface area contributed by atoms with Crippen LogP contribution in [-0.2, 0) is 11.2 Å². The van der Waals surface area contributed by atoms with Crippen molar-refractivity contribution in [3.63, 3.8) is 0 Å². The molecule has 20 heavy (non-hydrogen) atoms. The van der Waals surface area contributed by atoms with Gasteiger partial charge in [0.2, 0.25) is 0 Å². The van der Waals surface area contributed by atoms with Crippen molar-refractivity contribution < 1.29 is 14.7 Å². The van der Waals surface area contributed by atoms with Crippen LogP contribution in [0.1, 0.15) is 31.7 Å². The molecule has 2 rings (SSSR count). The van der Waals surface area contributed by atoms with Crippen LogP contribution in [0.25, 0.3) is 0 Å². The van der Waals surface area contributed by atoms with Crippen LogP contribution in [0.2, 0.25) is 0 Å². The molecule has 0 bridgehead atoms. The minimum Gasteiger partial charge on any atom is -0.481 e. The summed E-state index contributed by atoms with van der Waals surface area (Å²) in [6.07, 6.45) is 2.95. The Balaban J connectivity index is 1.97. The van der Waals surface area contributed by atoms with E-state index in [2.05, 4.69) is 10.5 Å². The highest BCUT2D eigenvalue weighted by atomic mass is 16.5. The van der Waals surface area contributed by atoms with E-state index in [0.29, 0.717) is 17.9 Å². The summed E-state index contributed by atoms with van der Waals surface area (Å²) < 4.78 is 5.74. The maximum absolute atomic E-state index is 11.8. The van der Waals surface area contributed by atoms with E-state index in [1.54, 1.807) is 6.92 Å². The molecule has 1 aliphatic rings.